The minimum Gasteiger partial charge on any atom is -0.508 e. The number of hydrogen-bond donors (Lipinski definition) is 3. The van der Waals surface area contributed by atoms with Gasteiger partial charge in [0.25, 0.3) is 0 Å². The number of nitrogens with zero attached hydrogens (tertiary/aromatic N) is 5. The van der Waals surface area contributed by atoms with Crippen LogP contribution in [0.2, 0.25) is 0 Å². The van der Waals surface area contributed by atoms with Gasteiger partial charge in [0.15, 0.2) is 5.82 Å². The summed E-state index contributed by atoms with van der Waals surface area (Å²) in [4.78, 5) is 1.29. The van der Waals surface area contributed by atoms with E-state index in [1.807, 2.05) is 36.4 Å². The van der Waals surface area contributed by atoms with E-state index >= 15 is 0 Å². The van der Waals surface area contributed by atoms with Crippen LogP contribution in [0.15, 0.2) is 71.8 Å². The van der Waals surface area contributed by atoms with Crippen molar-refractivity contribution >= 4 is 6.21 Å². The maximum atomic E-state index is 10.8. The van der Waals surface area contributed by atoms with E-state index in [1.54, 1.807) is 43.5 Å². The Kier molecular flexibility index (Phi) is 5.13. The standard InChI is InChI=1S/C22H19N5O3/c1-14-24-25-26-27(14)23-13-15-2-11-20(21(30)12-15)22(16-3-7-18(28)8-4-16)17-5-9-19(29)10-6-17/h2-13,22,28-30H,1H3. The van der Waals surface area contributed by atoms with Crippen molar-refractivity contribution in [2.24, 2.45) is 5.10 Å². The van der Waals surface area contributed by atoms with Crippen molar-refractivity contribution in [2.75, 3.05) is 0 Å². The lowest BCUT2D eigenvalue weighted by Crippen LogP contribution is -2.04. The molecular weight excluding hydrogens is 382 g/mol. The Hall–Kier alpha value is -4.20. The molecule has 30 heavy (non-hydrogen) atoms. The molecule has 8 nitrogen and oxygen atoms in total. The van der Waals surface area contributed by atoms with E-state index in [-0.39, 0.29) is 23.2 Å². The van der Waals surface area contributed by atoms with Gasteiger partial charge < -0.3 is 15.3 Å². The number of aromatic hydroxyl groups is 3. The highest BCUT2D eigenvalue weighted by molar-refractivity contribution is 5.80. The molecule has 150 valence electrons. The summed E-state index contributed by atoms with van der Waals surface area (Å²) in [5.74, 6) is 0.679. The quantitative estimate of drug-likeness (QED) is 0.349. The van der Waals surface area contributed by atoms with Crippen molar-refractivity contribution in [1.29, 1.82) is 0 Å². The molecule has 0 bridgehead atoms. The minimum absolute atomic E-state index is 0.0959. The minimum atomic E-state index is -0.293. The topological polar surface area (TPSA) is 117 Å². The number of phenols is 3. The molecule has 0 spiro atoms. The average molecular weight is 401 g/mol. The van der Waals surface area contributed by atoms with E-state index in [9.17, 15) is 15.3 Å². The number of tetrazole rings is 1. The van der Waals surface area contributed by atoms with Crippen LogP contribution in [0.3, 0.4) is 0 Å². The summed E-state index contributed by atoms with van der Waals surface area (Å²) in [6.07, 6.45) is 1.56. The molecule has 0 aliphatic carbocycles. The van der Waals surface area contributed by atoms with Crippen molar-refractivity contribution in [2.45, 2.75) is 12.8 Å². The van der Waals surface area contributed by atoms with Gasteiger partial charge in [0.1, 0.15) is 17.2 Å². The van der Waals surface area contributed by atoms with Crippen LogP contribution in [0, 0.1) is 6.92 Å². The van der Waals surface area contributed by atoms with Gasteiger partial charge in [-0.05, 0) is 64.4 Å². The van der Waals surface area contributed by atoms with Crippen molar-refractivity contribution in [3.05, 3.63) is 94.8 Å². The van der Waals surface area contributed by atoms with E-state index < -0.39 is 0 Å². The van der Waals surface area contributed by atoms with Crippen LogP contribution in [-0.2, 0) is 0 Å². The maximum absolute atomic E-state index is 10.8. The molecule has 0 atom stereocenters. The summed E-state index contributed by atoms with van der Waals surface area (Å²) in [5.41, 5.74) is 3.14. The van der Waals surface area contributed by atoms with Crippen LogP contribution in [0.4, 0.5) is 0 Å². The van der Waals surface area contributed by atoms with Crippen molar-refractivity contribution < 1.29 is 15.3 Å². The zero-order chi connectivity index (χ0) is 21.1. The maximum Gasteiger partial charge on any atom is 0.173 e. The van der Waals surface area contributed by atoms with Gasteiger partial charge in [-0.1, -0.05) is 36.4 Å². The van der Waals surface area contributed by atoms with Crippen molar-refractivity contribution in [1.82, 2.24) is 20.3 Å². The van der Waals surface area contributed by atoms with Crippen molar-refractivity contribution in [3.8, 4) is 17.2 Å². The smallest absolute Gasteiger partial charge is 0.173 e. The Morgan fingerprint density at radius 1 is 0.867 bits per heavy atom. The first-order valence-corrected chi connectivity index (χ1v) is 9.21. The highest BCUT2D eigenvalue weighted by Gasteiger charge is 2.20. The van der Waals surface area contributed by atoms with Gasteiger partial charge in [-0.2, -0.15) is 5.10 Å². The van der Waals surface area contributed by atoms with Gasteiger partial charge in [0.05, 0.1) is 6.21 Å². The summed E-state index contributed by atoms with van der Waals surface area (Å²) >= 11 is 0. The van der Waals surface area contributed by atoms with E-state index in [0.717, 1.165) is 11.1 Å². The molecule has 0 radical (unpaired) electrons. The first-order chi connectivity index (χ1) is 14.5. The molecule has 0 unspecified atom stereocenters. The fourth-order valence-electron chi connectivity index (χ4n) is 3.23. The zero-order valence-corrected chi connectivity index (χ0v) is 16.1. The highest BCUT2D eigenvalue weighted by Crippen LogP contribution is 2.38. The fraction of sp³-hybridized carbons (Fsp3) is 0.0909. The van der Waals surface area contributed by atoms with Gasteiger partial charge in [-0.3, -0.25) is 0 Å². The van der Waals surface area contributed by atoms with E-state index in [0.29, 0.717) is 17.0 Å². The van der Waals surface area contributed by atoms with E-state index in [4.69, 9.17) is 0 Å². The molecule has 0 aliphatic rings. The number of aryl methyl sites for hydroxylation is 1. The molecule has 3 N–H and O–H groups in total. The molecule has 4 rings (SSSR count). The SMILES string of the molecule is Cc1nnnn1N=Cc1ccc(C(c2ccc(O)cc2)c2ccc(O)cc2)c(O)c1. The number of aromatic nitrogens is 4. The molecule has 0 fully saturated rings. The van der Waals surface area contributed by atoms with E-state index in [2.05, 4.69) is 20.6 Å². The molecule has 1 aromatic heterocycles. The third-order valence-corrected chi connectivity index (χ3v) is 4.74. The van der Waals surface area contributed by atoms with Crippen LogP contribution in [0.1, 0.15) is 34.0 Å². The van der Waals surface area contributed by atoms with Crippen molar-refractivity contribution in [3.63, 3.8) is 0 Å². The fourth-order valence-corrected chi connectivity index (χ4v) is 3.23. The van der Waals surface area contributed by atoms with Gasteiger partial charge in [-0.15, -0.1) is 9.89 Å². The lowest BCUT2D eigenvalue weighted by Gasteiger charge is -2.20. The van der Waals surface area contributed by atoms with Gasteiger partial charge >= 0.3 is 0 Å². The Morgan fingerprint density at radius 3 is 1.97 bits per heavy atom. The van der Waals surface area contributed by atoms with Gasteiger partial charge in [0, 0.05) is 11.5 Å². The normalized spacial score (nSPS) is 11.4. The molecule has 0 saturated heterocycles. The van der Waals surface area contributed by atoms with Crippen LogP contribution in [0.25, 0.3) is 0 Å². The summed E-state index contributed by atoms with van der Waals surface area (Å²) in [5, 5.41) is 45.3. The summed E-state index contributed by atoms with van der Waals surface area (Å²) in [7, 11) is 0. The number of hydrogen-bond acceptors (Lipinski definition) is 7. The summed E-state index contributed by atoms with van der Waals surface area (Å²) in [6, 6.07) is 18.9. The van der Waals surface area contributed by atoms with Crippen LogP contribution >= 0.6 is 0 Å². The predicted octanol–water partition coefficient (Wildman–Crippen LogP) is 3.16. The molecule has 4 aromatic rings. The first-order valence-electron chi connectivity index (χ1n) is 9.21. The monoisotopic (exact) mass is 401 g/mol. The molecule has 0 amide bonds. The van der Waals surface area contributed by atoms with Crippen LogP contribution in [0.5, 0.6) is 17.2 Å². The first kappa shape index (κ1) is 19.1. The lowest BCUT2D eigenvalue weighted by atomic mass is 9.84. The molecule has 3 aromatic carbocycles. The third-order valence-electron chi connectivity index (χ3n) is 4.74. The summed E-state index contributed by atoms with van der Waals surface area (Å²) < 4.78 is 0. The second-order valence-corrected chi connectivity index (χ2v) is 6.79. The Labute approximate surface area is 172 Å². The number of phenolic OH excluding ortho intramolecular Hbond substituents is 3. The second kappa shape index (κ2) is 8.04. The molecule has 1 heterocycles. The lowest BCUT2D eigenvalue weighted by molar-refractivity contribution is 0.466. The largest absolute Gasteiger partial charge is 0.508 e. The van der Waals surface area contributed by atoms with Crippen LogP contribution in [-0.4, -0.2) is 41.9 Å². The summed E-state index contributed by atoms with van der Waals surface area (Å²) in [6.45, 7) is 1.73. The molecule has 0 saturated carbocycles. The number of benzene rings is 3. The highest BCUT2D eigenvalue weighted by atomic mass is 16.3. The Bertz CT molecular complexity index is 1140. The molecular formula is C22H19N5O3. The molecule has 8 heteroatoms. The Morgan fingerprint density at radius 2 is 1.47 bits per heavy atom. The molecule has 0 aliphatic heterocycles. The van der Waals surface area contributed by atoms with Crippen LogP contribution < -0.4 is 0 Å². The number of rotatable bonds is 5. The van der Waals surface area contributed by atoms with E-state index in [1.165, 1.54) is 4.79 Å². The van der Waals surface area contributed by atoms with Gasteiger partial charge in [-0.25, -0.2) is 0 Å². The zero-order valence-electron chi connectivity index (χ0n) is 16.1. The predicted molar refractivity (Wildman–Crippen MR) is 111 cm³/mol. The third kappa shape index (κ3) is 3.97. The average Bonchev–Trinajstić information content (AvgIpc) is 3.15. The Balaban J connectivity index is 1.73. The van der Waals surface area contributed by atoms with Gasteiger partial charge in [0.2, 0.25) is 0 Å². The second-order valence-electron chi connectivity index (χ2n) is 6.79.